The topological polar surface area (TPSA) is 53.2 Å². The summed E-state index contributed by atoms with van der Waals surface area (Å²) >= 11 is 0. The highest BCUT2D eigenvalue weighted by molar-refractivity contribution is 5.89. The molecule has 0 spiro atoms. The lowest BCUT2D eigenvalue weighted by molar-refractivity contribution is 0.254. The predicted molar refractivity (Wildman–Crippen MR) is 86.4 cm³/mol. The molecule has 1 aromatic rings. The number of benzene rings is 1. The van der Waals surface area contributed by atoms with Crippen molar-refractivity contribution in [2.75, 3.05) is 24.2 Å². The van der Waals surface area contributed by atoms with E-state index in [2.05, 4.69) is 22.9 Å². The van der Waals surface area contributed by atoms with Crippen molar-refractivity contribution in [3.05, 3.63) is 24.3 Å². The first kappa shape index (κ1) is 16.3. The van der Waals surface area contributed by atoms with Crippen LogP contribution in [0.4, 0.5) is 16.2 Å². The quantitative estimate of drug-likeness (QED) is 0.592. The average Bonchev–Trinajstić information content (AvgIpc) is 2.48. The lowest BCUT2D eigenvalue weighted by Crippen LogP contribution is -2.24. The van der Waals surface area contributed by atoms with Gasteiger partial charge in [0.25, 0.3) is 0 Å². The Hall–Kier alpha value is -1.71. The summed E-state index contributed by atoms with van der Waals surface area (Å²) < 4.78 is 0. The highest BCUT2D eigenvalue weighted by Crippen LogP contribution is 2.14. The Morgan fingerprint density at radius 2 is 1.55 bits per heavy atom. The molecule has 0 saturated carbocycles. The molecule has 4 nitrogen and oxygen atoms in total. The molecule has 20 heavy (non-hydrogen) atoms. The van der Waals surface area contributed by atoms with Crippen molar-refractivity contribution < 1.29 is 4.79 Å². The Labute approximate surface area is 122 Å². The summed E-state index contributed by atoms with van der Waals surface area (Å²) in [6.07, 6.45) is 7.86. The average molecular weight is 277 g/mol. The van der Waals surface area contributed by atoms with Gasteiger partial charge in [-0.05, 0) is 30.7 Å². The van der Waals surface area contributed by atoms with E-state index in [0.717, 1.165) is 17.9 Å². The van der Waals surface area contributed by atoms with Gasteiger partial charge in [-0.1, -0.05) is 39.0 Å². The van der Waals surface area contributed by atoms with Gasteiger partial charge in [-0.2, -0.15) is 0 Å². The molecular formula is C16H27N3O. The van der Waals surface area contributed by atoms with Crippen LogP contribution in [0.5, 0.6) is 0 Å². The minimum Gasteiger partial charge on any atom is -0.385 e. The van der Waals surface area contributed by atoms with Crippen LogP contribution in [-0.4, -0.2) is 19.6 Å². The first-order valence-electron chi connectivity index (χ1n) is 7.59. The van der Waals surface area contributed by atoms with Crippen LogP contribution in [0.15, 0.2) is 24.3 Å². The fourth-order valence-electron chi connectivity index (χ4n) is 2.00. The van der Waals surface area contributed by atoms with Gasteiger partial charge < -0.3 is 16.0 Å². The molecule has 0 aromatic heterocycles. The van der Waals surface area contributed by atoms with Crippen LogP contribution in [0.1, 0.15) is 45.4 Å². The lowest BCUT2D eigenvalue weighted by atomic mass is 10.1. The number of nitrogens with one attached hydrogen (secondary N) is 3. The SMILES string of the molecule is CCCCCCCCNc1ccc(NC(=O)NC)cc1. The zero-order valence-electron chi connectivity index (χ0n) is 12.7. The molecule has 3 N–H and O–H groups in total. The van der Waals surface area contributed by atoms with Crippen LogP contribution < -0.4 is 16.0 Å². The van der Waals surface area contributed by atoms with Gasteiger partial charge >= 0.3 is 6.03 Å². The van der Waals surface area contributed by atoms with Gasteiger partial charge in [0.2, 0.25) is 0 Å². The molecule has 2 amide bonds. The van der Waals surface area contributed by atoms with Gasteiger partial charge in [0.15, 0.2) is 0 Å². The summed E-state index contributed by atoms with van der Waals surface area (Å²) in [5, 5.41) is 8.66. The largest absolute Gasteiger partial charge is 0.385 e. The summed E-state index contributed by atoms with van der Waals surface area (Å²) in [5.74, 6) is 0. The zero-order chi connectivity index (χ0) is 14.6. The number of urea groups is 1. The maximum atomic E-state index is 11.1. The maximum absolute atomic E-state index is 11.1. The normalized spacial score (nSPS) is 10.1. The number of hydrogen-bond acceptors (Lipinski definition) is 2. The second kappa shape index (κ2) is 10.1. The number of unbranched alkanes of at least 4 members (excludes halogenated alkanes) is 5. The number of carbonyl (C=O) groups is 1. The van der Waals surface area contributed by atoms with Crippen LogP contribution in [0.2, 0.25) is 0 Å². The lowest BCUT2D eigenvalue weighted by Gasteiger charge is -2.08. The Morgan fingerprint density at radius 3 is 2.20 bits per heavy atom. The number of carbonyl (C=O) groups excluding carboxylic acids is 1. The first-order valence-corrected chi connectivity index (χ1v) is 7.59. The molecule has 0 atom stereocenters. The standard InChI is InChI=1S/C16H27N3O/c1-3-4-5-6-7-8-13-18-14-9-11-15(12-10-14)19-16(20)17-2/h9-12,18H,3-8,13H2,1-2H3,(H2,17,19,20). The summed E-state index contributed by atoms with van der Waals surface area (Å²) in [7, 11) is 1.60. The molecule has 0 fully saturated rings. The van der Waals surface area contributed by atoms with Crippen LogP contribution >= 0.6 is 0 Å². The third-order valence-corrected chi connectivity index (χ3v) is 3.23. The van der Waals surface area contributed by atoms with E-state index in [9.17, 15) is 4.79 Å². The molecule has 0 saturated heterocycles. The van der Waals surface area contributed by atoms with Crippen molar-refractivity contribution in [1.82, 2.24) is 5.32 Å². The Kier molecular flexibility index (Phi) is 8.27. The van der Waals surface area contributed by atoms with E-state index in [1.54, 1.807) is 7.05 Å². The fourth-order valence-corrected chi connectivity index (χ4v) is 2.00. The number of amides is 2. The van der Waals surface area contributed by atoms with Crippen LogP contribution in [0.25, 0.3) is 0 Å². The Bertz CT molecular complexity index is 376. The van der Waals surface area contributed by atoms with E-state index >= 15 is 0 Å². The summed E-state index contributed by atoms with van der Waals surface area (Å²) in [5.41, 5.74) is 1.90. The summed E-state index contributed by atoms with van der Waals surface area (Å²) in [4.78, 5) is 11.1. The third kappa shape index (κ3) is 7.02. The zero-order valence-corrected chi connectivity index (χ0v) is 12.7. The van der Waals surface area contributed by atoms with Gasteiger partial charge in [-0.25, -0.2) is 4.79 Å². The van der Waals surface area contributed by atoms with Gasteiger partial charge in [0.05, 0.1) is 0 Å². The van der Waals surface area contributed by atoms with E-state index in [1.165, 1.54) is 38.5 Å². The monoisotopic (exact) mass is 277 g/mol. The molecule has 0 heterocycles. The molecule has 0 aliphatic heterocycles. The van der Waals surface area contributed by atoms with Crippen LogP contribution in [-0.2, 0) is 0 Å². The van der Waals surface area contributed by atoms with Crippen molar-refractivity contribution in [3.63, 3.8) is 0 Å². The number of hydrogen-bond donors (Lipinski definition) is 3. The minimum atomic E-state index is -0.196. The predicted octanol–water partition coefficient (Wildman–Crippen LogP) is 4.21. The minimum absolute atomic E-state index is 0.196. The second-order valence-corrected chi connectivity index (χ2v) is 4.98. The van der Waals surface area contributed by atoms with E-state index in [0.29, 0.717) is 0 Å². The van der Waals surface area contributed by atoms with E-state index in [-0.39, 0.29) is 6.03 Å². The number of rotatable bonds is 9. The van der Waals surface area contributed by atoms with E-state index < -0.39 is 0 Å². The molecule has 0 unspecified atom stereocenters. The maximum Gasteiger partial charge on any atom is 0.318 e. The fraction of sp³-hybridized carbons (Fsp3) is 0.562. The molecule has 0 radical (unpaired) electrons. The van der Waals surface area contributed by atoms with Gasteiger partial charge in [0.1, 0.15) is 0 Å². The van der Waals surface area contributed by atoms with Gasteiger partial charge in [-0.3, -0.25) is 0 Å². The molecule has 0 aliphatic rings. The van der Waals surface area contributed by atoms with Crippen molar-refractivity contribution >= 4 is 17.4 Å². The highest BCUT2D eigenvalue weighted by atomic mass is 16.2. The van der Waals surface area contributed by atoms with E-state index in [4.69, 9.17) is 0 Å². The van der Waals surface area contributed by atoms with Crippen molar-refractivity contribution in [2.24, 2.45) is 0 Å². The van der Waals surface area contributed by atoms with Crippen molar-refractivity contribution in [2.45, 2.75) is 45.4 Å². The molecule has 0 aliphatic carbocycles. The smallest absolute Gasteiger partial charge is 0.318 e. The molecule has 0 bridgehead atoms. The van der Waals surface area contributed by atoms with E-state index in [1.807, 2.05) is 24.3 Å². The highest BCUT2D eigenvalue weighted by Gasteiger charge is 1.98. The van der Waals surface area contributed by atoms with Crippen molar-refractivity contribution in [3.8, 4) is 0 Å². The first-order chi connectivity index (χ1) is 9.76. The second-order valence-electron chi connectivity index (χ2n) is 4.98. The molecular weight excluding hydrogens is 250 g/mol. The third-order valence-electron chi connectivity index (χ3n) is 3.23. The summed E-state index contributed by atoms with van der Waals surface area (Å²) in [6, 6.07) is 7.58. The Morgan fingerprint density at radius 1 is 0.950 bits per heavy atom. The van der Waals surface area contributed by atoms with Crippen LogP contribution in [0, 0.1) is 0 Å². The molecule has 4 heteroatoms. The molecule has 112 valence electrons. The van der Waals surface area contributed by atoms with Crippen LogP contribution in [0.3, 0.4) is 0 Å². The number of anilines is 2. The van der Waals surface area contributed by atoms with Gasteiger partial charge in [0, 0.05) is 25.0 Å². The summed E-state index contributed by atoms with van der Waals surface area (Å²) in [6.45, 7) is 3.25. The van der Waals surface area contributed by atoms with Crippen molar-refractivity contribution in [1.29, 1.82) is 0 Å². The van der Waals surface area contributed by atoms with Gasteiger partial charge in [-0.15, -0.1) is 0 Å². The molecule has 1 rings (SSSR count). The molecule has 1 aromatic carbocycles. The Balaban J connectivity index is 2.16.